The molecule has 1 aliphatic rings. The average Bonchev–Trinajstić information content (AvgIpc) is 2.38. The minimum atomic E-state index is -1.86. The first-order chi connectivity index (χ1) is 9.98. The predicted octanol–water partition coefficient (Wildman–Crippen LogP) is 6.19. The zero-order valence-corrected chi connectivity index (χ0v) is 16.7. The first-order valence-electron chi connectivity index (χ1n) is 8.32. The minimum absolute atomic E-state index is 0.103. The minimum Gasteiger partial charge on any atom is -0.519 e. The van der Waals surface area contributed by atoms with Gasteiger partial charge in [0.25, 0.3) is 14.3 Å². The molecule has 1 aliphatic carbocycles. The lowest BCUT2D eigenvalue weighted by Gasteiger charge is -2.38. The van der Waals surface area contributed by atoms with Crippen LogP contribution in [0.2, 0.25) is 18.1 Å². The number of rotatable bonds is 5. The largest absolute Gasteiger partial charge is 0.519 e. The first-order valence-corrected chi connectivity index (χ1v) is 11.2. The summed E-state index contributed by atoms with van der Waals surface area (Å²) in [4.78, 5) is 0. The molecule has 0 radical (unpaired) electrons. The monoisotopic (exact) mass is 322 g/mol. The molecule has 1 rings (SSSR count). The van der Waals surface area contributed by atoms with Crippen molar-refractivity contribution in [2.75, 3.05) is 0 Å². The van der Waals surface area contributed by atoms with Crippen LogP contribution in [0, 0.1) is 5.92 Å². The van der Waals surface area contributed by atoms with Crippen LogP contribution in [0.15, 0.2) is 35.8 Å². The summed E-state index contributed by atoms with van der Waals surface area (Å²) >= 11 is 0. The van der Waals surface area contributed by atoms with Gasteiger partial charge in [-0.3, -0.25) is 0 Å². The van der Waals surface area contributed by atoms with Crippen molar-refractivity contribution in [3.63, 3.8) is 0 Å². The van der Waals surface area contributed by atoms with Crippen LogP contribution in [-0.2, 0) is 9.16 Å². The summed E-state index contributed by atoms with van der Waals surface area (Å²) in [5.41, 5.74) is 2.54. The molecule has 0 N–H and O–H groups in total. The van der Waals surface area contributed by atoms with Crippen LogP contribution in [0.1, 0.15) is 54.4 Å². The van der Waals surface area contributed by atoms with E-state index >= 15 is 0 Å². The third-order valence-corrected chi connectivity index (χ3v) is 9.41. The Morgan fingerprint density at radius 2 is 1.95 bits per heavy atom. The normalized spacial score (nSPS) is 23.8. The Labute approximate surface area is 138 Å². The lowest BCUT2D eigenvalue weighted by molar-refractivity contribution is 0.0416. The van der Waals surface area contributed by atoms with Crippen LogP contribution in [0.25, 0.3) is 0 Å². The van der Waals surface area contributed by atoms with Gasteiger partial charge in [0.2, 0.25) is 0 Å². The SMILES string of the molecule is C=C(C)[C@H]1CC=C(C)[C@@H](O/C(=C\C)O[Si](C)(C)C(C)(C)C)C1. The van der Waals surface area contributed by atoms with E-state index in [0.29, 0.717) is 11.9 Å². The summed E-state index contributed by atoms with van der Waals surface area (Å²) in [6.45, 7) is 21.6. The molecular weight excluding hydrogens is 288 g/mol. The molecule has 0 saturated heterocycles. The van der Waals surface area contributed by atoms with E-state index in [1.807, 2.05) is 13.0 Å². The van der Waals surface area contributed by atoms with Gasteiger partial charge in [0, 0.05) is 0 Å². The number of ether oxygens (including phenoxy) is 1. The molecule has 0 aromatic rings. The molecule has 22 heavy (non-hydrogen) atoms. The van der Waals surface area contributed by atoms with E-state index in [0.717, 1.165) is 12.8 Å². The van der Waals surface area contributed by atoms with Crippen molar-refractivity contribution in [3.05, 3.63) is 35.8 Å². The summed E-state index contributed by atoms with van der Waals surface area (Å²) in [5.74, 6) is 1.20. The Morgan fingerprint density at radius 3 is 2.41 bits per heavy atom. The molecule has 2 nitrogen and oxygen atoms in total. The van der Waals surface area contributed by atoms with Crippen LogP contribution in [-0.4, -0.2) is 14.4 Å². The zero-order chi connectivity index (χ0) is 17.1. The van der Waals surface area contributed by atoms with E-state index in [9.17, 15) is 0 Å². The van der Waals surface area contributed by atoms with Gasteiger partial charge in [-0.2, -0.15) is 0 Å². The topological polar surface area (TPSA) is 18.5 Å². The molecule has 3 heteroatoms. The lowest BCUT2D eigenvalue weighted by Crippen LogP contribution is -2.41. The molecule has 0 heterocycles. The maximum Gasteiger partial charge on any atom is 0.261 e. The average molecular weight is 323 g/mol. The molecule has 0 aromatic heterocycles. The molecule has 0 aromatic carbocycles. The standard InChI is InChI=1S/C19H34O2Si/c1-10-18(21-22(8,9)19(5,6)7)20-17-13-16(14(2)3)12-11-15(17)4/h10-11,16-17H,2,12-13H2,1,3-9H3/b18-10+/t16-,17-/m0/s1. The number of hydrogen-bond donors (Lipinski definition) is 0. The maximum atomic E-state index is 6.33. The van der Waals surface area contributed by atoms with Gasteiger partial charge in [0.15, 0.2) is 0 Å². The fraction of sp³-hybridized carbons (Fsp3) is 0.684. The second-order valence-electron chi connectivity index (χ2n) is 8.04. The van der Waals surface area contributed by atoms with E-state index in [4.69, 9.17) is 9.16 Å². The summed E-state index contributed by atoms with van der Waals surface area (Å²) in [6.07, 6.45) is 6.42. The second kappa shape index (κ2) is 7.07. The predicted molar refractivity (Wildman–Crippen MR) is 98.2 cm³/mol. The summed E-state index contributed by atoms with van der Waals surface area (Å²) in [6, 6.07) is 0. The Morgan fingerprint density at radius 1 is 1.36 bits per heavy atom. The van der Waals surface area contributed by atoms with E-state index in [1.165, 1.54) is 11.1 Å². The maximum absolute atomic E-state index is 6.33. The molecule has 0 unspecified atom stereocenters. The van der Waals surface area contributed by atoms with Gasteiger partial charge >= 0.3 is 0 Å². The third-order valence-electron chi connectivity index (χ3n) is 5.08. The van der Waals surface area contributed by atoms with Crippen LogP contribution in [0.5, 0.6) is 0 Å². The Balaban J connectivity index is 2.81. The van der Waals surface area contributed by atoms with Crippen LogP contribution in [0.4, 0.5) is 0 Å². The highest BCUT2D eigenvalue weighted by Crippen LogP contribution is 2.39. The summed E-state index contributed by atoms with van der Waals surface area (Å²) in [7, 11) is -1.86. The quantitative estimate of drug-likeness (QED) is 0.341. The fourth-order valence-electron chi connectivity index (χ4n) is 2.24. The number of allylic oxidation sites excluding steroid dienone is 3. The van der Waals surface area contributed by atoms with Crippen molar-refractivity contribution in [1.82, 2.24) is 0 Å². The molecule has 0 aliphatic heterocycles. The number of hydrogen-bond acceptors (Lipinski definition) is 2. The van der Waals surface area contributed by atoms with E-state index < -0.39 is 8.32 Å². The molecule has 126 valence electrons. The molecule has 0 bridgehead atoms. The Hall–Kier alpha value is -0.963. The fourth-order valence-corrected chi connectivity index (χ4v) is 3.21. The Kier molecular flexibility index (Phi) is 6.14. The third kappa shape index (κ3) is 4.77. The zero-order valence-electron chi connectivity index (χ0n) is 15.7. The molecular formula is C19H34O2Si. The van der Waals surface area contributed by atoms with E-state index in [2.05, 4.69) is 60.4 Å². The molecule has 0 saturated carbocycles. The van der Waals surface area contributed by atoms with Gasteiger partial charge in [-0.15, -0.1) is 0 Å². The Bertz CT molecular complexity index is 466. The van der Waals surface area contributed by atoms with Crippen molar-refractivity contribution in [2.45, 2.75) is 78.6 Å². The van der Waals surface area contributed by atoms with Crippen molar-refractivity contribution < 1.29 is 9.16 Å². The molecule has 2 atom stereocenters. The van der Waals surface area contributed by atoms with Crippen LogP contribution >= 0.6 is 0 Å². The first kappa shape index (κ1) is 19.1. The molecule has 0 spiro atoms. The van der Waals surface area contributed by atoms with Crippen LogP contribution in [0.3, 0.4) is 0 Å². The highest BCUT2D eigenvalue weighted by atomic mass is 28.4. The second-order valence-corrected chi connectivity index (χ2v) is 12.8. The van der Waals surface area contributed by atoms with Crippen molar-refractivity contribution in [2.24, 2.45) is 5.92 Å². The van der Waals surface area contributed by atoms with Crippen LogP contribution < -0.4 is 0 Å². The summed E-state index contributed by atoms with van der Waals surface area (Å²) < 4.78 is 12.6. The van der Waals surface area contributed by atoms with Crippen molar-refractivity contribution >= 4 is 8.32 Å². The van der Waals surface area contributed by atoms with Gasteiger partial charge < -0.3 is 9.16 Å². The highest BCUT2D eigenvalue weighted by molar-refractivity contribution is 6.74. The molecule has 0 amide bonds. The van der Waals surface area contributed by atoms with Gasteiger partial charge in [-0.05, 0) is 69.3 Å². The molecule has 0 fully saturated rings. The smallest absolute Gasteiger partial charge is 0.261 e. The highest BCUT2D eigenvalue weighted by Gasteiger charge is 2.40. The summed E-state index contributed by atoms with van der Waals surface area (Å²) in [5, 5.41) is 0.169. The van der Waals surface area contributed by atoms with Crippen molar-refractivity contribution in [3.8, 4) is 0 Å². The lowest BCUT2D eigenvalue weighted by atomic mass is 9.84. The van der Waals surface area contributed by atoms with Gasteiger partial charge in [-0.1, -0.05) is 39.0 Å². The van der Waals surface area contributed by atoms with Gasteiger partial charge in [0.1, 0.15) is 6.10 Å². The van der Waals surface area contributed by atoms with E-state index in [1.54, 1.807) is 0 Å². The van der Waals surface area contributed by atoms with E-state index in [-0.39, 0.29) is 11.1 Å². The van der Waals surface area contributed by atoms with Gasteiger partial charge in [0.05, 0.1) is 0 Å². The van der Waals surface area contributed by atoms with Gasteiger partial charge in [-0.25, -0.2) is 0 Å². The van der Waals surface area contributed by atoms with Crippen molar-refractivity contribution in [1.29, 1.82) is 0 Å².